The summed E-state index contributed by atoms with van der Waals surface area (Å²) in [6.45, 7) is 0.634. The lowest BCUT2D eigenvalue weighted by Crippen LogP contribution is -2.45. The molecule has 0 saturated carbocycles. The number of piperidine rings is 1. The molecule has 25 heavy (non-hydrogen) atoms. The van der Waals surface area contributed by atoms with Gasteiger partial charge in [-0.2, -0.15) is 0 Å². The van der Waals surface area contributed by atoms with Crippen LogP contribution in [0.1, 0.15) is 37.7 Å². The predicted octanol–water partition coefficient (Wildman–Crippen LogP) is 2.32. The lowest BCUT2D eigenvalue weighted by atomic mass is 9.97. The van der Waals surface area contributed by atoms with Crippen molar-refractivity contribution in [1.29, 1.82) is 0 Å². The monoisotopic (exact) mass is 342 g/mol. The van der Waals surface area contributed by atoms with Gasteiger partial charge in [0, 0.05) is 30.1 Å². The Hall–Kier alpha value is -2.63. The summed E-state index contributed by atoms with van der Waals surface area (Å²) < 4.78 is 0. The number of fused-ring (bicyclic) bond motifs is 1. The van der Waals surface area contributed by atoms with Gasteiger partial charge in [-0.05, 0) is 43.2 Å². The molecule has 1 fully saturated rings. The van der Waals surface area contributed by atoms with E-state index in [1.165, 1.54) is 0 Å². The maximum atomic E-state index is 12.7. The van der Waals surface area contributed by atoms with Crippen molar-refractivity contribution in [1.82, 2.24) is 9.88 Å². The van der Waals surface area contributed by atoms with Gasteiger partial charge in [0.2, 0.25) is 5.91 Å². The second kappa shape index (κ2) is 7.51. The van der Waals surface area contributed by atoms with Crippen molar-refractivity contribution in [3.63, 3.8) is 0 Å². The first-order chi connectivity index (χ1) is 12.0. The molecule has 2 aromatic rings. The van der Waals surface area contributed by atoms with Crippen molar-refractivity contribution in [2.75, 3.05) is 6.54 Å². The number of carboxylic acid groups (broad SMARTS) is 1. The molecule has 132 valence electrons. The van der Waals surface area contributed by atoms with Gasteiger partial charge >= 0.3 is 5.97 Å². The minimum absolute atomic E-state index is 0.0445. The molecule has 2 N–H and O–H groups in total. The Labute approximate surface area is 145 Å². The molecule has 0 radical (unpaired) electrons. The zero-order valence-corrected chi connectivity index (χ0v) is 14.0. The molecule has 6 heteroatoms. The van der Waals surface area contributed by atoms with Crippen molar-refractivity contribution in [2.24, 2.45) is 0 Å². The Kier molecular flexibility index (Phi) is 5.16. The average Bonchev–Trinajstić information content (AvgIpc) is 2.60. The van der Waals surface area contributed by atoms with Gasteiger partial charge in [-0.15, -0.1) is 0 Å². The first-order valence-electron chi connectivity index (χ1n) is 8.67. The summed E-state index contributed by atoms with van der Waals surface area (Å²) in [5, 5.41) is 9.79. The van der Waals surface area contributed by atoms with E-state index in [4.69, 9.17) is 5.11 Å². The molecular formula is C19H22N2O4. The van der Waals surface area contributed by atoms with Crippen LogP contribution in [0.4, 0.5) is 0 Å². The fourth-order valence-corrected chi connectivity index (χ4v) is 3.51. The van der Waals surface area contributed by atoms with Gasteiger partial charge in [-0.25, -0.2) is 0 Å². The van der Waals surface area contributed by atoms with Crippen LogP contribution in [0.2, 0.25) is 0 Å². The molecule has 2 heterocycles. The molecular weight excluding hydrogens is 320 g/mol. The van der Waals surface area contributed by atoms with E-state index in [9.17, 15) is 14.4 Å². The largest absolute Gasteiger partial charge is 0.481 e. The standard InChI is InChI=1S/C19H22N2O4/c22-17(21-10-4-3-6-15(21)8-9-18(23)24)12-14-11-13-5-1-2-7-16(13)20-19(14)25/h1-2,5,7,11,15H,3-4,6,8-10,12H2,(H,20,25)(H,23,24). The molecule has 1 aromatic heterocycles. The number of carbonyl (C=O) groups is 2. The number of nitrogens with zero attached hydrogens (tertiary/aromatic N) is 1. The van der Waals surface area contributed by atoms with Crippen LogP contribution in [0.15, 0.2) is 35.1 Å². The highest BCUT2D eigenvalue weighted by molar-refractivity contribution is 5.83. The quantitative estimate of drug-likeness (QED) is 0.872. The second-order valence-corrected chi connectivity index (χ2v) is 6.56. The third-order valence-corrected chi connectivity index (χ3v) is 4.81. The predicted molar refractivity (Wildman–Crippen MR) is 94.5 cm³/mol. The van der Waals surface area contributed by atoms with Gasteiger partial charge in [0.05, 0.1) is 6.42 Å². The van der Waals surface area contributed by atoms with Crippen LogP contribution in [0, 0.1) is 0 Å². The Balaban J connectivity index is 1.77. The Morgan fingerprint density at radius 1 is 1.24 bits per heavy atom. The lowest BCUT2D eigenvalue weighted by Gasteiger charge is -2.35. The number of benzene rings is 1. The summed E-state index contributed by atoms with van der Waals surface area (Å²) in [7, 11) is 0. The Morgan fingerprint density at radius 2 is 2.04 bits per heavy atom. The maximum Gasteiger partial charge on any atom is 0.303 e. The number of aromatic amines is 1. The number of carboxylic acids is 1. The number of para-hydroxylation sites is 1. The Bertz CT molecular complexity index is 843. The van der Waals surface area contributed by atoms with Gasteiger partial charge in [-0.1, -0.05) is 18.2 Å². The maximum absolute atomic E-state index is 12.7. The Morgan fingerprint density at radius 3 is 2.84 bits per heavy atom. The highest BCUT2D eigenvalue weighted by Gasteiger charge is 2.27. The second-order valence-electron chi connectivity index (χ2n) is 6.56. The van der Waals surface area contributed by atoms with Crippen LogP contribution in [-0.4, -0.2) is 39.5 Å². The molecule has 6 nitrogen and oxygen atoms in total. The fourth-order valence-electron chi connectivity index (χ4n) is 3.51. The van der Waals surface area contributed by atoms with Crippen LogP contribution in [0.5, 0.6) is 0 Å². The van der Waals surface area contributed by atoms with Gasteiger partial charge in [0.1, 0.15) is 0 Å². The van der Waals surface area contributed by atoms with Crippen LogP contribution < -0.4 is 5.56 Å². The summed E-state index contributed by atoms with van der Waals surface area (Å²) in [5.74, 6) is -0.945. The molecule has 1 saturated heterocycles. The van der Waals surface area contributed by atoms with Crippen LogP contribution in [0.25, 0.3) is 10.9 Å². The van der Waals surface area contributed by atoms with E-state index in [-0.39, 0.29) is 30.3 Å². The average molecular weight is 342 g/mol. The van der Waals surface area contributed by atoms with Crippen molar-refractivity contribution >= 4 is 22.8 Å². The first-order valence-corrected chi connectivity index (χ1v) is 8.67. The summed E-state index contributed by atoms with van der Waals surface area (Å²) in [5.41, 5.74) is 0.957. The highest BCUT2D eigenvalue weighted by Crippen LogP contribution is 2.22. The van der Waals surface area contributed by atoms with Crippen LogP contribution >= 0.6 is 0 Å². The molecule has 0 bridgehead atoms. The van der Waals surface area contributed by atoms with Crippen molar-refractivity contribution in [3.05, 3.63) is 46.2 Å². The van der Waals surface area contributed by atoms with Gasteiger partial charge in [0.25, 0.3) is 5.56 Å². The van der Waals surface area contributed by atoms with E-state index < -0.39 is 5.97 Å². The van der Waals surface area contributed by atoms with Gasteiger partial charge in [0.15, 0.2) is 0 Å². The van der Waals surface area contributed by atoms with Gasteiger partial charge < -0.3 is 15.0 Å². The van der Waals surface area contributed by atoms with Crippen LogP contribution in [-0.2, 0) is 16.0 Å². The van der Waals surface area contributed by atoms with E-state index in [0.717, 1.165) is 30.2 Å². The molecule has 1 aromatic carbocycles. The van der Waals surface area contributed by atoms with E-state index in [1.807, 2.05) is 24.3 Å². The molecule has 1 amide bonds. The fraction of sp³-hybridized carbons (Fsp3) is 0.421. The SMILES string of the molecule is O=C(O)CCC1CCCCN1C(=O)Cc1cc2ccccc2[nH]c1=O. The smallest absolute Gasteiger partial charge is 0.303 e. The summed E-state index contributed by atoms with van der Waals surface area (Å²) >= 11 is 0. The molecule has 1 unspecified atom stereocenters. The number of nitrogens with one attached hydrogen (secondary N) is 1. The summed E-state index contributed by atoms with van der Waals surface area (Å²) in [6, 6.07) is 9.19. The number of pyridine rings is 1. The number of amides is 1. The molecule has 0 spiro atoms. The van der Waals surface area contributed by atoms with Crippen molar-refractivity contribution in [2.45, 2.75) is 44.6 Å². The molecule has 1 aliphatic heterocycles. The van der Waals surface area contributed by atoms with Crippen LogP contribution in [0.3, 0.4) is 0 Å². The normalized spacial score (nSPS) is 17.6. The van der Waals surface area contributed by atoms with E-state index in [0.29, 0.717) is 18.5 Å². The number of likely N-dealkylation sites (tertiary alicyclic amines) is 1. The molecule has 3 rings (SSSR count). The van der Waals surface area contributed by atoms with E-state index >= 15 is 0 Å². The zero-order chi connectivity index (χ0) is 17.8. The number of aliphatic carboxylic acids is 1. The molecule has 1 atom stereocenters. The van der Waals surface area contributed by atoms with E-state index in [1.54, 1.807) is 11.0 Å². The minimum atomic E-state index is -0.844. The first kappa shape index (κ1) is 17.2. The zero-order valence-electron chi connectivity index (χ0n) is 14.0. The summed E-state index contributed by atoms with van der Waals surface area (Å²) in [6.07, 6.45) is 3.32. The number of hydrogen-bond donors (Lipinski definition) is 2. The van der Waals surface area contributed by atoms with Crippen molar-refractivity contribution in [3.8, 4) is 0 Å². The number of H-pyrrole nitrogens is 1. The topological polar surface area (TPSA) is 90.5 Å². The number of aromatic nitrogens is 1. The highest BCUT2D eigenvalue weighted by atomic mass is 16.4. The third-order valence-electron chi connectivity index (χ3n) is 4.81. The summed E-state index contributed by atoms with van der Waals surface area (Å²) in [4.78, 5) is 40.4. The van der Waals surface area contributed by atoms with Crippen molar-refractivity contribution < 1.29 is 14.7 Å². The van der Waals surface area contributed by atoms with Gasteiger partial charge in [-0.3, -0.25) is 14.4 Å². The number of carbonyl (C=O) groups excluding carboxylic acids is 1. The lowest BCUT2D eigenvalue weighted by molar-refractivity contribution is -0.139. The molecule has 0 aliphatic carbocycles. The number of hydrogen-bond acceptors (Lipinski definition) is 3. The number of rotatable bonds is 5. The minimum Gasteiger partial charge on any atom is -0.481 e. The van der Waals surface area contributed by atoms with E-state index in [2.05, 4.69) is 4.98 Å². The third kappa shape index (κ3) is 4.07. The molecule has 1 aliphatic rings.